The van der Waals surface area contributed by atoms with Crippen molar-refractivity contribution in [2.24, 2.45) is 5.92 Å². The van der Waals surface area contributed by atoms with Crippen LogP contribution in [0.25, 0.3) is 0 Å². The molecular formula is C16H32N2O3. The summed E-state index contributed by atoms with van der Waals surface area (Å²) in [6, 6.07) is -0.0683. The van der Waals surface area contributed by atoms with Gasteiger partial charge >= 0.3 is 0 Å². The van der Waals surface area contributed by atoms with Gasteiger partial charge in [0, 0.05) is 33.4 Å². The van der Waals surface area contributed by atoms with Gasteiger partial charge in [-0.05, 0) is 32.6 Å². The van der Waals surface area contributed by atoms with E-state index in [-0.39, 0.29) is 24.2 Å². The predicted molar refractivity (Wildman–Crippen MR) is 84.3 cm³/mol. The Balaban J connectivity index is 2.49. The number of rotatable bonds is 8. The quantitative estimate of drug-likeness (QED) is 0.693. The number of amides is 1. The number of unbranched alkanes of at least 4 members (excludes halogenated alkanes) is 1. The van der Waals surface area contributed by atoms with Crippen molar-refractivity contribution in [1.29, 1.82) is 0 Å². The van der Waals surface area contributed by atoms with E-state index >= 15 is 0 Å². The molecule has 5 heteroatoms. The van der Waals surface area contributed by atoms with Crippen LogP contribution in [0.4, 0.5) is 0 Å². The molecule has 1 N–H and O–H groups in total. The highest BCUT2D eigenvalue weighted by Gasteiger charge is 2.33. The molecule has 5 nitrogen and oxygen atoms in total. The van der Waals surface area contributed by atoms with E-state index in [1.54, 1.807) is 7.11 Å². The van der Waals surface area contributed by atoms with Gasteiger partial charge < -0.3 is 14.8 Å². The number of ether oxygens (including phenoxy) is 2. The average molecular weight is 300 g/mol. The Labute approximate surface area is 129 Å². The molecule has 1 aliphatic rings. The molecule has 0 aliphatic carbocycles. The molecule has 0 aromatic carbocycles. The zero-order chi connectivity index (χ0) is 15.8. The SMILES string of the molecule is COCCCCNC(=O)C(C(C)C)N1CC(C)OC(C)C1. The first-order chi connectivity index (χ1) is 9.95. The Morgan fingerprint density at radius 2 is 1.90 bits per heavy atom. The van der Waals surface area contributed by atoms with Crippen LogP contribution in [0.3, 0.4) is 0 Å². The second-order valence-corrected chi connectivity index (χ2v) is 6.39. The van der Waals surface area contributed by atoms with Crippen molar-refractivity contribution < 1.29 is 14.3 Å². The molecule has 1 fully saturated rings. The van der Waals surface area contributed by atoms with Gasteiger partial charge in [-0.2, -0.15) is 0 Å². The molecule has 1 aliphatic heterocycles. The zero-order valence-electron chi connectivity index (χ0n) is 14.2. The van der Waals surface area contributed by atoms with Crippen LogP contribution in [0.5, 0.6) is 0 Å². The Morgan fingerprint density at radius 3 is 2.43 bits per heavy atom. The van der Waals surface area contributed by atoms with Gasteiger partial charge in [0.25, 0.3) is 0 Å². The maximum Gasteiger partial charge on any atom is 0.237 e. The van der Waals surface area contributed by atoms with E-state index < -0.39 is 0 Å². The lowest BCUT2D eigenvalue weighted by molar-refractivity contribution is -0.135. The minimum atomic E-state index is -0.0683. The van der Waals surface area contributed by atoms with Gasteiger partial charge in [0.15, 0.2) is 0 Å². The fourth-order valence-corrected chi connectivity index (χ4v) is 3.02. The molecule has 1 saturated heterocycles. The number of morpholine rings is 1. The van der Waals surface area contributed by atoms with Crippen LogP contribution in [0.2, 0.25) is 0 Å². The summed E-state index contributed by atoms with van der Waals surface area (Å²) in [5, 5.41) is 3.07. The van der Waals surface area contributed by atoms with Crippen LogP contribution in [0.1, 0.15) is 40.5 Å². The van der Waals surface area contributed by atoms with Gasteiger partial charge in [-0.1, -0.05) is 13.8 Å². The molecule has 21 heavy (non-hydrogen) atoms. The van der Waals surface area contributed by atoms with Crippen LogP contribution in [0.15, 0.2) is 0 Å². The average Bonchev–Trinajstić information content (AvgIpc) is 2.37. The van der Waals surface area contributed by atoms with Gasteiger partial charge in [-0.15, -0.1) is 0 Å². The molecule has 0 bridgehead atoms. The van der Waals surface area contributed by atoms with Gasteiger partial charge in [0.05, 0.1) is 18.2 Å². The van der Waals surface area contributed by atoms with Gasteiger partial charge in [-0.25, -0.2) is 0 Å². The van der Waals surface area contributed by atoms with Crippen molar-refractivity contribution >= 4 is 5.91 Å². The van der Waals surface area contributed by atoms with Gasteiger partial charge in [-0.3, -0.25) is 9.69 Å². The van der Waals surface area contributed by atoms with Gasteiger partial charge in [0.1, 0.15) is 0 Å². The number of methoxy groups -OCH3 is 1. The first-order valence-corrected chi connectivity index (χ1v) is 8.11. The van der Waals surface area contributed by atoms with Crippen LogP contribution in [-0.4, -0.2) is 62.4 Å². The number of hydrogen-bond acceptors (Lipinski definition) is 4. The summed E-state index contributed by atoms with van der Waals surface area (Å²) in [6.45, 7) is 11.5. The lowest BCUT2D eigenvalue weighted by Crippen LogP contribution is -2.57. The van der Waals surface area contributed by atoms with Crippen LogP contribution in [-0.2, 0) is 14.3 Å². The number of carbonyl (C=O) groups excluding carboxylic acids is 1. The van der Waals surface area contributed by atoms with E-state index in [4.69, 9.17) is 9.47 Å². The first-order valence-electron chi connectivity index (χ1n) is 8.11. The smallest absolute Gasteiger partial charge is 0.237 e. The molecular weight excluding hydrogens is 268 g/mol. The second-order valence-electron chi connectivity index (χ2n) is 6.39. The number of nitrogens with zero attached hydrogens (tertiary/aromatic N) is 1. The Kier molecular flexibility index (Phi) is 8.22. The predicted octanol–water partition coefficient (Wildman–Crippen LogP) is 1.66. The summed E-state index contributed by atoms with van der Waals surface area (Å²) >= 11 is 0. The molecule has 124 valence electrons. The highest BCUT2D eigenvalue weighted by molar-refractivity contribution is 5.82. The van der Waals surface area contributed by atoms with E-state index in [0.717, 1.165) is 39.1 Å². The molecule has 1 heterocycles. The minimum Gasteiger partial charge on any atom is -0.385 e. The third-order valence-electron chi connectivity index (χ3n) is 3.82. The van der Waals surface area contributed by atoms with Crippen LogP contribution < -0.4 is 5.32 Å². The fourth-order valence-electron chi connectivity index (χ4n) is 3.02. The summed E-state index contributed by atoms with van der Waals surface area (Å²) < 4.78 is 10.8. The van der Waals surface area contributed by atoms with E-state index in [1.165, 1.54) is 0 Å². The summed E-state index contributed by atoms with van der Waals surface area (Å²) in [6.07, 6.45) is 2.31. The monoisotopic (exact) mass is 300 g/mol. The normalized spacial score (nSPS) is 25.0. The van der Waals surface area contributed by atoms with Crippen molar-refractivity contribution in [2.75, 3.05) is 33.4 Å². The fraction of sp³-hybridized carbons (Fsp3) is 0.938. The van der Waals surface area contributed by atoms with Crippen molar-refractivity contribution in [3.63, 3.8) is 0 Å². The molecule has 0 spiro atoms. The maximum absolute atomic E-state index is 12.5. The van der Waals surface area contributed by atoms with Crippen molar-refractivity contribution in [3.05, 3.63) is 0 Å². The molecule has 0 saturated carbocycles. The molecule has 0 radical (unpaired) electrons. The van der Waals surface area contributed by atoms with Crippen molar-refractivity contribution in [3.8, 4) is 0 Å². The first kappa shape index (κ1) is 18.4. The molecule has 1 amide bonds. The molecule has 0 aromatic rings. The zero-order valence-corrected chi connectivity index (χ0v) is 14.2. The van der Waals surface area contributed by atoms with Crippen LogP contribution in [0, 0.1) is 5.92 Å². The van der Waals surface area contributed by atoms with E-state index in [0.29, 0.717) is 5.92 Å². The van der Waals surface area contributed by atoms with Crippen molar-refractivity contribution in [1.82, 2.24) is 10.2 Å². The van der Waals surface area contributed by atoms with E-state index in [9.17, 15) is 4.79 Å². The summed E-state index contributed by atoms with van der Waals surface area (Å²) in [4.78, 5) is 14.8. The highest BCUT2D eigenvalue weighted by atomic mass is 16.5. The maximum atomic E-state index is 12.5. The molecule has 3 atom stereocenters. The Morgan fingerprint density at radius 1 is 1.29 bits per heavy atom. The van der Waals surface area contributed by atoms with Gasteiger partial charge in [0.2, 0.25) is 5.91 Å². The van der Waals surface area contributed by atoms with E-state index in [2.05, 4.69) is 37.9 Å². The largest absolute Gasteiger partial charge is 0.385 e. The number of hydrogen-bond donors (Lipinski definition) is 1. The molecule has 0 aromatic heterocycles. The Hall–Kier alpha value is -0.650. The topological polar surface area (TPSA) is 50.8 Å². The van der Waals surface area contributed by atoms with E-state index in [1.807, 2.05) is 0 Å². The third-order valence-corrected chi connectivity index (χ3v) is 3.82. The molecule has 1 rings (SSSR count). The third kappa shape index (κ3) is 6.32. The lowest BCUT2D eigenvalue weighted by atomic mass is 9.99. The highest BCUT2D eigenvalue weighted by Crippen LogP contribution is 2.18. The lowest BCUT2D eigenvalue weighted by Gasteiger charge is -2.41. The van der Waals surface area contributed by atoms with Crippen LogP contribution >= 0.6 is 0 Å². The summed E-state index contributed by atoms with van der Waals surface area (Å²) in [7, 11) is 1.70. The summed E-state index contributed by atoms with van der Waals surface area (Å²) in [5.74, 6) is 0.435. The summed E-state index contributed by atoms with van der Waals surface area (Å²) in [5.41, 5.74) is 0. The molecule has 3 unspecified atom stereocenters. The number of carbonyl (C=O) groups is 1. The Bertz CT molecular complexity index is 300. The standard InChI is InChI=1S/C16H32N2O3/c1-12(2)15(16(19)17-8-6-7-9-20-5)18-10-13(3)21-14(4)11-18/h12-15H,6-11H2,1-5H3,(H,17,19). The van der Waals surface area contributed by atoms with Crippen molar-refractivity contribution in [2.45, 2.75) is 58.8 Å². The minimum absolute atomic E-state index is 0.0683. The number of nitrogens with one attached hydrogen (secondary N) is 1. The second kappa shape index (κ2) is 9.38.